The molecule has 0 bridgehead atoms. The smallest absolute Gasteiger partial charge is 0.387 e. The van der Waals surface area contributed by atoms with Gasteiger partial charge in [0.1, 0.15) is 5.69 Å². The maximum atomic E-state index is 12.5. The molecule has 11 heteroatoms. The Morgan fingerprint density at radius 3 is 2.44 bits per heavy atom. The summed E-state index contributed by atoms with van der Waals surface area (Å²) in [6.45, 7) is -5.79. The van der Waals surface area contributed by atoms with E-state index in [1.165, 1.54) is 31.4 Å². The minimum atomic E-state index is -3.00. The van der Waals surface area contributed by atoms with Crippen molar-refractivity contribution in [2.75, 3.05) is 7.11 Å². The van der Waals surface area contributed by atoms with Gasteiger partial charge in [0.15, 0.2) is 11.5 Å². The first-order chi connectivity index (χ1) is 12.0. The summed E-state index contributed by atoms with van der Waals surface area (Å²) in [4.78, 5) is 0. The van der Waals surface area contributed by atoms with Crippen molar-refractivity contribution in [1.29, 1.82) is 0 Å². The number of hydrogen-bond donors (Lipinski definition) is 0. The predicted molar refractivity (Wildman–Crippen MR) is 75.4 cm³/mol. The standard InChI is InChI=1S/C14H10F4N4O3/c1-23-10-6-7(2-3-9(10)24-14(17)18)11-19-20-12(25-11)8-4-5-22(21-8)13(15)16/h2-6,13-14H,1H3. The van der Waals surface area contributed by atoms with Gasteiger partial charge in [-0.25, -0.2) is 4.68 Å². The molecule has 2 heterocycles. The van der Waals surface area contributed by atoms with Crippen molar-refractivity contribution in [2.45, 2.75) is 13.2 Å². The van der Waals surface area contributed by atoms with Crippen LogP contribution in [0, 0.1) is 0 Å². The van der Waals surface area contributed by atoms with Crippen molar-refractivity contribution in [1.82, 2.24) is 20.0 Å². The number of aromatic nitrogens is 4. The van der Waals surface area contributed by atoms with Gasteiger partial charge in [-0.1, -0.05) is 0 Å². The number of methoxy groups -OCH3 is 1. The minimum absolute atomic E-state index is 0.0310. The molecule has 0 spiro atoms. The summed E-state index contributed by atoms with van der Waals surface area (Å²) in [5, 5.41) is 11.1. The highest BCUT2D eigenvalue weighted by Crippen LogP contribution is 2.33. The molecular weight excluding hydrogens is 348 g/mol. The first-order valence-electron chi connectivity index (χ1n) is 6.78. The third-order valence-corrected chi connectivity index (χ3v) is 3.08. The summed E-state index contributed by atoms with van der Waals surface area (Å²) in [6.07, 6.45) is 1.07. The number of alkyl halides is 4. The van der Waals surface area contributed by atoms with Crippen LogP contribution < -0.4 is 9.47 Å². The second-order valence-electron chi connectivity index (χ2n) is 4.62. The molecule has 0 saturated heterocycles. The van der Waals surface area contributed by atoms with E-state index in [2.05, 4.69) is 20.0 Å². The summed E-state index contributed by atoms with van der Waals surface area (Å²) in [5.41, 5.74) is 0.439. The Kier molecular flexibility index (Phi) is 4.55. The predicted octanol–water partition coefficient (Wildman–Crippen LogP) is 3.61. The second kappa shape index (κ2) is 6.79. The van der Waals surface area contributed by atoms with Crippen LogP contribution in [0.1, 0.15) is 6.55 Å². The Morgan fingerprint density at radius 2 is 1.80 bits per heavy atom. The second-order valence-corrected chi connectivity index (χ2v) is 4.62. The van der Waals surface area contributed by atoms with Gasteiger partial charge in [-0.15, -0.1) is 10.2 Å². The summed E-state index contributed by atoms with van der Waals surface area (Å²) < 4.78 is 64.8. The third-order valence-electron chi connectivity index (χ3n) is 3.08. The average molecular weight is 358 g/mol. The van der Waals surface area contributed by atoms with E-state index in [9.17, 15) is 17.6 Å². The maximum Gasteiger partial charge on any atom is 0.387 e. The first kappa shape index (κ1) is 16.7. The van der Waals surface area contributed by atoms with Gasteiger partial charge in [0.25, 0.3) is 5.89 Å². The normalized spacial score (nSPS) is 11.3. The molecule has 0 unspecified atom stereocenters. The summed E-state index contributed by atoms with van der Waals surface area (Å²) in [6, 6.07) is 5.33. The molecule has 0 amide bonds. The fraction of sp³-hybridized carbons (Fsp3) is 0.214. The van der Waals surface area contributed by atoms with Gasteiger partial charge in [-0.3, -0.25) is 0 Å². The Hall–Kier alpha value is -3.11. The molecular formula is C14H10F4N4O3. The number of hydrogen-bond acceptors (Lipinski definition) is 6. The van der Waals surface area contributed by atoms with E-state index in [0.29, 0.717) is 10.2 Å². The summed E-state index contributed by atoms with van der Waals surface area (Å²) in [7, 11) is 1.29. The molecule has 0 saturated carbocycles. The van der Waals surface area contributed by atoms with Gasteiger partial charge in [0.2, 0.25) is 5.89 Å². The lowest BCUT2D eigenvalue weighted by atomic mass is 10.2. The highest BCUT2D eigenvalue weighted by atomic mass is 19.3. The molecule has 7 nitrogen and oxygen atoms in total. The van der Waals surface area contributed by atoms with E-state index < -0.39 is 13.2 Å². The van der Waals surface area contributed by atoms with Crippen molar-refractivity contribution in [2.24, 2.45) is 0 Å². The van der Waals surface area contributed by atoms with Crippen molar-refractivity contribution in [3.05, 3.63) is 30.5 Å². The van der Waals surface area contributed by atoms with Crippen LogP contribution in [0.15, 0.2) is 34.9 Å². The lowest BCUT2D eigenvalue weighted by Crippen LogP contribution is -2.03. The van der Waals surface area contributed by atoms with E-state index in [-0.39, 0.29) is 29.0 Å². The maximum absolute atomic E-state index is 12.5. The summed E-state index contributed by atoms with van der Waals surface area (Å²) >= 11 is 0. The highest BCUT2D eigenvalue weighted by Gasteiger charge is 2.17. The van der Waals surface area contributed by atoms with Crippen LogP contribution in [-0.4, -0.2) is 33.7 Å². The zero-order valence-corrected chi connectivity index (χ0v) is 12.6. The monoisotopic (exact) mass is 358 g/mol. The molecule has 25 heavy (non-hydrogen) atoms. The topological polar surface area (TPSA) is 75.2 Å². The molecule has 0 N–H and O–H groups in total. The molecule has 2 aromatic heterocycles. The molecule has 0 fully saturated rings. The number of nitrogens with zero attached hydrogens (tertiary/aromatic N) is 4. The third kappa shape index (κ3) is 3.54. The van der Waals surface area contributed by atoms with Gasteiger partial charge in [-0.05, 0) is 24.3 Å². The van der Waals surface area contributed by atoms with Gasteiger partial charge in [0, 0.05) is 11.8 Å². The first-order valence-corrected chi connectivity index (χ1v) is 6.78. The zero-order valence-electron chi connectivity index (χ0n) is 12.6. The molecule has 3 rings (SSSR count). The molecule has 0 radical (unpaired) electrons. The van der Waals surface area contributed by atoms with E-state index in [1.54, 1.807) is 0 Å². The Bertz CT molecular complexity index is 865. The van der Waals surface area contributed by atoms with Crippen LogP contribution in [0.5, 0.6) is 11.5 Å². The van der Waals surface area contributed by atoms with Crippen molar-refractivity contribution >= 4 is 0 Å². The lowest BCUT2D eigenvalue weighted by molar-refractivity contribution is -0.0512. The quantitative estimate of drug-likeness (QED) is 0.627. The highest BCUT2D eigenvalue weighted by molar-refractivity contribution is 5.61. The number of ether oxygens (including phenoxy) is 2. The minimum Gasteiger partial charge on any atom is -0.493 e. The molecule has 3 aromatic rings. The molecule has 1 aromatic carbocycles. The average Bonchev–Trinajstić information content (AvgIpc) is 3.24. The van der Waals surface area contributed by atoms with E-state index in [0.717, 1.165) is 6.20 Å². The lowest BCUT2D eigenvalue weighted by Gasteiger charge is -2.10. The Balaban J connectivity index is 1.88. The fourth-order valence-electron chi connectivity index (χ4n) is 2.00. The van der Waals surface area contributed by atoms with Crippen LogP contribution in [0.3, 0.4) is 0 Å². The molecule has 0 atom stereocenters. The van der Waals surface area contributed by atoms with Crippen LogP contribution in [0.25, 0.3) is 23.0 Å². The SMILES string of the molecule is COc1cc(-c2nnc(-c3ccn(C(F)F)n3)o2)ccc1OC(F)F. The Morgan fingerprint density at radius 1 is 1.04 bits per heavy atom. The Labute approximate surface area is 137 Å². The van der Waals surface area contributed by atoms with E-state index in [1.807, 2.05) is 0 Å². The largest absolute Gasteiger partial charge is 0.493 e. The van der Waals surface area contributed by atoms with Gasteiger partial charge in [-0.2, -0.15) is 22.7 Å². The molecule has 132 valence electrons. The van der Waals surface area contributed by atoms with Crippen molar-refractivity contribution in [3.63, 3.8) is 0 Å². The van der Waals surface area contributed by atoms with Crippen molar-refractivity contribution in [3.8, 4) is 34.5 Å². The van der Waals surface area contributed by atoms with Crippen LogP contribution in [0.4, 0.5) is 17.6 Å². The summed E-state index contributed by atoms with van der Waals surface area (Å²) in [5.74, 6) is -0.152. The number of benzene rings is 1. The number of rotatable bonds is 6. The van der Waals surface area contributed by atoms with E-state index in [4.69, 9.17) is 9.15 Å². The number of halogens is 4. The van der Waals surface area contributed by atoms with Gasteiger partial charge < -0.3 is 13.9 Å². The molecule has 0 aliphatic rings. The van der Waals surface area contributed by atoms with Gasteiger partial charge in [0.05, 0.1) is 7.11 Å². The molecule has 0 aliphatic carbocycles. The van der Waals surface area contributed by atoms with Crippen LogP contribution in [0.2, 0.25) is 0 Å². The van der Waals surface area contributed by atoms with Gasteiger partial charge >= 0.3 is 13.2 Å². The fourth-order valence-corrected chi connectivity index (χ4v) is 2.00. The zero-order chi connectivity index (χ0) is 18.0. The van der Waals surface area contributed by atoms with Crippen LogP contribution >= 0.6 is 0 Å². The molecule has 0 aliphatic heterocycles. The van der Waals surface area contributed by atoms with Crippen LogP contribution in [-0.2, 0) is 0 Å². The van der Waals surface area contributed by atoms with E-state index >= 15 is 0 Å². The van der Waals surface area contributed by atoms with Crippen molar-refractivity contribution < 1.29 is 31.5 Å².